The van der Waals surface area contributed by atoms with Crippen molar-refractivity contribution in [2.75, 3.05) is 6.61 Å². The van der Waals surface area contributed by atoms with Crippen LogP contribution in [0.4, 0.5) is 0 Å². The molecule has 0 N–H and O–H groups in total. The molecular formula is C21H30KO2-. The molecule has 0 bridgehead atoms. The zero-order valence-corrected chi connectivity index (χ0v) is 19.4. The third-order valence-electron chi connectivity index (χ3n) is 3.12. The quantitative estimate of drug-likeness (QED) is 0.440. The summed E-state index contributed by atoms with van der Waals surface area (Å²) in [6.07, 6.45) is 7.41. The van der Waals surface area contributed by atoms with Gasteiger partial charge in [0, 0.05) is 0 Å². The molecule has 0 saturated carbocycles. The Morgan fingerprint density at radius 2 is 1.71 bits per heavy atom. The SMILES string of the molecule is C=C1C=[C-]CC(C)(C)C1.Cc1ccc(C)cc1.[CH2-]C(=O)OCC.[K+]. The van der Waals surface area contributed by atoms with Crippen molar-refractivity contribution in [1.29, 1.82) is 0 Å². The third-order valence-corrected chi connectivity index (χ3v) is 3.12. The van der Waals surface area contributed by atoms with Gasteiger partial charge in [0.2, 0.25) is 0 Å². The maximum absolute atomic E-state index is 9.71. The van der Waals surface area contributed by atoms with Gasteiger partial charge in [0.1, 0.15) is 0 Å². The van der Waals surface area contributed by atoms with Crippen LogP contribution in [0.25, 0.3) is 0 Å². The van der Waals surface area contributed by atoms with Crippen molar-refractivity contribution in [3.05, 3.63) is 66.6 Å². The van der Waals surface area contributed by atoms with E-state index in [2.05, 4.69) is 76.3 Å². The molecular weight excluding hydrogens is 323 g/mol. The Kier molecular flexibility index (Phi) is 15.0. The average molecular weight is 354 g/mol. The van der Waals surface area contributed by atoms with Crippen molar-refractivity contribution in [1.82, 2.24) is 0 Å². The molecule has 0 atom stereocenters. The number of rotatable bonds is 1. The van der Waals surface area contributed by atoms with Gasteiger partial charge in [-0.2, -0.15) is 6.58 Å². The second-order valence-electron chi connectivity index (χ2n) is 6.48. The zero-order valence-electron chi connectivity index (χ0n) is 16.2. The molecule has 0 heterocycles. The first-order valence-corrected chi connectivity index (χ1v) is 7.92. The number of aryl methyl sites for hydroxylation is 2. The van der Waals surface area contributed by atoms with Crippen LogP contribution in [-0.4, -0.2) is 12.6 Å². The summed E-state index contributed by atoms with van der Waals surface area (Å²) in [5.74, 6) is -0.461. The Hall–Kier alpha value is -0.324. The van der Waals surface area contributed by atoms with Crippen LogP contribution < -0.4 is 51.4 Å². The van der Waals surface area contributed by atoms with Gasteiger partial charge in [0.15, 0.2) is 5.97 Å². The van der Waals surface area contributed by atoms with Crippen molar-refractivity contribution in [2.24, 2.45) is 5.41 Å². The van der Waals surface area contributed by atoms with Gasteiger partial charge in [0.05, 0.1) is 6.61 Å². The fourth-order valence-electron chi connectivity index (χ4n) is 2.00. The molecule has 0 aliphatic heterocycles. The Balaban J connectivity index is 0. The van der Waals surface area contributed by atoms with E-state index in [1.165, 1.54) is 16.7 Å². The van der Waals surface area contributed by atoms with Gasteiger partial charge in [0.25, 0.3) is 0 Å². The van der Waals surface area contributed by atoms with Crippen LogP contribution in [0.2, 0.25) is 0 Å². The van der Waals surface area contributed by atoms with E-state index in [1.807, 2.05) is 6.08 Å². The van der Waals surface area contributed by atoms with Gasteiger partial charge in [-0.25, -0.2) is 11.6 Å². The van der Waals surface area contributed by atoms with Crippen LogP contribution in [0.15, 0.2) is 42.5 Å². The molecule has 1 aromatic rings. The van der Waals surface area contributed by atoms with Crippen LogP contribution in [0, 0.1) is 32.3 Å². The topological polar surface area (TPSA) is 26.3 Å². The minimum absolute atomic E-state index is 0. The van der Waals surface area contributed by atoms with E-state index in [0.717, 1.165) is 12.8 Å². The molecule has 1 aliphatic rings. The summed E-state index contributed by atoms with van der Waals surface area (Å²) in [7, 11) is 0. The average Bonchev–Trinajstić information content (AvgIpc) is 2.42. The first kappa shape index (κ1) is 25.9. The van der Waals surface area contributed by atoms with Gasteiger partial charge < -0.3 is 4.74 Å². The zero-order chi connectivity index (χ0) is 17.9. The number of esters is 1. The molecule has 0 aromatic heterocycles. The second kappa shape index (κ2) is 13.9. The summed E-state index contributed by atoms with van der Waals surface area (Å²) in [5, 5.41) is 0. The molecule has 0 spiro atoms. The van der Waals surface area contributed by atoms with Crippen molar-refractivity contribution in [3.63, 3.8) is 0 Å². The van der Waals surface area contributed by atoms with E-state index in [1.54, 1.807) is 6.92 Å². The Morgan fingerprint density at radius 3 is 1.92 bits per heavy atom. The molecule has 2 nitrogen and oxygen atoms in total. The van der Waals surface area contributed by atoms with Crippen LogP contribution in [-0.2, 0) is 9.53 Å². The van der Waals surface area contributed by atoms with Gasteiger partial charge in [-0.1, -0.05) is 61.1 Å². The smallest absolute Gasteiger partial charge is 0.489 e. The molecule has 0 unspecified atom stereocenters. The summed E-state index contributed by atoms with van der Waals surface area (Å²) in [5.41, 5.74) is 4.28. The van der Waals surface area contributed by atoms with E-state index in [4.69, 9.17) is 0 Å². The maximum Gasteiger partial charge on any atom is 1.00 e. The van der Waals surface area contributed by atoms with Crippen LogP contribution in [0.3, 0.4) is 0 Å². The molecule has 0 radical (unpaired) electrons. The summed E-state index contributed by atoms with van der Waals surface area (Å²) >= 11 is 0. The van der Waals surface area contributed by atoms with Gasteiger partial charge >= 0.3 is 51.4 Å². The monoisotopic (exact) mass is 353 g/mol. The first-order valence-electron chi connectivity index (χ1n) is 7.92. The van der Waals surface area contributed by atoms with Crippen LogP contribution in [0.1, 0.15) is 44.7 Å². The maximum atomic E-state index is 9.71. The number of hydrogen-bond acceptors (Lipinski definition) is 2. The summed E-state index contributed by atoms with van der Waals surface area (Å²) in [6.45, 7) is 17.7. The fraction of sp³-hybridized carbons (Fsp3) is 0.429. The van der Waals surface area contributed by atoms with Crippen molar-refractivity contribution >= 4 is 5.97 Å². The number of ether oxygens (including phenoxy) is 1. The van der Waals surface area contributed by atoms with Crippen molar-refractivity contribution < 1.29 is 60.9 Å². The number of carbonyl (C=O) groups is 1. The Labute approximate surface area is 191 Å². The fourth-order valence-corrected chi connectivity index (χ4v) is 2.00. The molecule has 0 fully saturated rings. The van der Waals surface area contributed by atoms with Crippen LogP contribution in [0.5, 0.6) is 0 Å². The Bertz CT molecular complexity index is 492. The van der Waals surface area contributed by atoms with E-state index in [-0.39, 0.29) is 51.4 Å². The normalized spacial score (nSPS) is 14.1. The molecule has 1 aromatic carbocycles. The third kappa shape index (κ3) is 15.2. The van der Waals surface area contributed by atoms with Crippen LogP contribution >= 0.6 is 0 Å². The summed E-state index contributed by atoms with van der Waals surface area (Å²) < 4.78 is 4.29. The number of benzene rings is 1. The number of allylic oxidation sites excluding steroid dienone is 3. The molecule has 0 amide bonds. The second-order valence-corrected chi connectivity index (χ2v) is 6.48. The van der Waals surface area contributed by atoms with E-state index in [0.29, 0.717) is 12.0 Å². The Morgan fingerprint density at radius 1 is 1.25 bits per heavy atom. The predicted molar refractivity (Wildman–Crippen MR) is 97.9 cm³/mol. The minimum atomic E-state index is -0.461. The van der Waals surface area contributed by atoms with E-state index < -0.39 is 5.97 Å². The van der Waals surface area contributed by atoms with Crippen molar-refractivity contribution in [3.8, 4) is 0 Å². The van der Waals surface area contributed by atoms with E-state index in [9.17, 15) is 4.79 Å². The summed E-state index contributed by atoms with van der Waals surface area (Å²) in [4.78, 5) is 9.71. The largest absolute Gasteiger partial charge is 1.00 e. The van der Waals surface area contributed by atoms with Crippen molar-refractivity contribution in [2.45, 2.75) is 47.5 Å². The molecule has 3 heteroatoms. The minimum Gasteiger partial charge on any atom is -0.489 e. The molecule has 128 valence electrons. The number of carbonyl (C=O) groups excluding carboxylic acids is 1. The molecule has 24 heavy (non-hydrogen) atoms. The first-order chi connectivity index (χ1) is 10.7. The van der Waals surface area contributed by atoms with E-state index >= 15 is 0 Å². The number of hydrogen-bond donors (Lipinski definition) is 0. The standard InChI is InChI=1S/C9H13.C8H10.C4H7O2.K/c1-8-5-4-6-9(2,3)7-8;1-7-3-5-8(2)6-4-7;1-3-6-4(2)5;/h5H,1,6-7H2,2-3H3;3-6H,1-2H3;2-3H2,1H3;/q-1;;-1;+1. The molecule has 2 rings (SSSR count). The van der Waals surface area contributed by atoms with Gasteiger partial charge in [-0.15, -0.1) is 6.42 Å². The molecule has 0 saturated heterocycles. The van der Waals surface area contributed by atoms with Gasteiger partial charge in [-0.05, 0) is 20.8 Å². The summed E-state index contributed by atoms with van der Waals surface area (Å²) in [6, 6.07) is 8.48. The van der Waals surface area contributed by atoms with Gasteiger partial charge in [-0.3, -0.25) is 17.8 Å². The predicted octanol–water partition coefficient (Wildman–Crippen LogP) is 2.41. The molecule has 1 aliphatic carbocycles.